The van der Waals surface area contributed by atoms with Crippen LogP contribution in [0.25, 0.3) is 5.69 Å². The monoisotopic (exact) mass is 347 g/mol. The first-order valence-electron chi connectivity index (χ1n) is 7.01. The Labute approximate surface area is 132 Å². The zero-order valence-corrected chi connectivity index (χ0v) is 13.5. The molecule has 21 heavy (non-hydrogen) atoms. The number of aromatic nitrogens is 2. The van der Waals surface area contributed by atoms with E-state index in [2.05, 4.69) is 36.7 Å². The van der Waals surface area contributed by atoms with Crippen molar-refractivity contribution in [3.05, 3.63) is 46.7 Å². The van der Waals surface area contributed by atoms with Crippen molar-refractivity contribution in [2.24, 2.45) is 4.99 Å². The quantitative estimate of drug-likeness (QED) is 0.659. The Balaban J connectivity index is 1.60. The molecule has 0 spiro atoms. The molecule has 3 rings (SSSR count). The van der Waals surface area contributed by atoms with Crippen LogP contribution < -0.4 is 10.6 Å². The molecule has 1 fully saturated rings. The van der Waals surface area contributed by atoms with Gasteiger partial charge in [-0.2, -0.15) is 5.10 Å². The van der Waals surface area contributed by atoms with Gasteiger partial charge in [0.25, 0.3) is 0 Å². The Hall–Kier alpha value is -1.82. The molecule has 0 amide bonds. The molecule has 1 aromatic heterocycles. The number of benzene rings is 1. The second kappa shape index (κ2) is 6.30. The number of guanidine groups is 1. The second-order valence-electron chi connectivity index (χ2n) is 5.11. The lowest BCUT2D eigenvalue weighted by Gasteiger charge is -2.09. The smallest absolute Gasteiger partial charge is 0.191 e. The van der Waals surface area contributed by atoms with E-state index >= 15 is 0 Å². The van der Waals surface area contributed by atoms with Crippen molar-refractivity contribution in [2.75, 3.05) is 7.05 Å². The molecular formula is C15H18BrN5. The maximum atomic E-state index is 4.39. The average molecular weight is 348 g/mol. The van der Waals surface area contributed by atoms with Crippen molar-refractivity contribution >= 4 is 21.9 Å². The zero-order chi connectivity index (χ0) is 14.7. The van der Waals surface area contributed by atoms with Crippen LogP contribution in [-0.2, 0) is 6.54 Å². The number of aliphatic imine (C=N–C) groups is 1. The Kier molecular flexibility index (Phi) is 4.24. The number of rotatable bonds is 4. The van der Waals surface area contributed by atoms with Crippen LogP contribution in [0.1, 0.15) is 18.4 Å². The molecule has 0 aliphatic heterocycles. The largest absolute Gasteiger partial charge is 0.354 e. The predicted molar refractivity (Wildman–Crippen MR) is 87.6 cm³/mol. The summed E-state index contributed by atoms with van der Waals surface area (Å²) in [5, 5.41) is 11.1. The van der Waals surface area contributed by atoms with Crippen LogP contribution in [0.2, 0.25) is 0 Å². The van der Waals surface area contributed by atoms with E-state index in [0.29, 0.717) is 12.6 Å². The molecule has 1 aromatic carbocycles. The maximum Gasteiger partial charge on any atom is 0.191 e. The molecule has 1 heterocycles. The molecule has 1 saturated carbocycles. The molecule has 0 atom stereocenters. The molecule has 0 saturated heterocycles. The highest BCUT2D eigenvalue weighted by Gasteiger charge is 2.22. The van der Waals surface area contributed by atoms with Crippen LogP contribution in [0.3, 0.4) is 0 Å². The third kappa shape index (κ3) is 3.85. The summed E-state index contributed by atoms with van der Waals surface area (Å²) in [4.78, 5) is 4.22. The van der Waals surface area contributed by atoms with Crippen molar-refractivity contribution in [2.45, 2.75) is 25.4 Å². The number of halogens is 1. The lowest BCUT2D eigenvalue weighted by atomic mass is 10.3. The summed E-state index contributed by atoms with van der Waals surface area (Å²) in [6.45, 7) is 0.711. The van der Waals surface area contributed by atoms with Crippen molar-refractivity contribution in [3.63, 3.8) is 0 Å². The fraction of sp³-hybridized carbons (Fsp3) is 0.333. The molecule has 2 aromatic rings. The molecule has 0 unspecified atom stereocenters. The second-order valence-corrected chi connectivity index (χ2v) is 6.03. The standard InChI is InChI=1S/C15H18BrN5/c1-17-15(20-13-4-5-13)18-8-11-9-19-21(10-11)14-6-2-12(16)3-7-14/h2-3,6-7,9-10,13H,4-5,8H2,1H3,(H2,17,18,20). The van der Waals surface area contributed by atoms with Gasteiger partial charge < -0.3 is 10.6 Å². The van der Waals surface area contributed by atoms with Gasteiger partial charge in [-0.25, -0.2) is 4.68 Å². The molecule has 1 aliphatic rings. The fourth-order valence-electron chi connectivity index (χ4n) is 1.99. The lowest BCUT2D eigenvalue weighted by Crippen LogP contribution is -2.37. The summed E-state index contributed by atoms with van der Waals surface area (Å²) < 4.78 is 2.94. The van der Waals surface area contributed by atoms with E-state index in [4.69, 9.17) is 0 Å². The summed E-state index contributed by atoms with van der Waals surface area (Å²) in [6, 6.07) is 8.68. The van der Waals surface area contributed by atoms with Gasteiger partial charge in [-0.15, -0.1) is 0 Å². The zero-order valence-electron chi connectivity index (χ0n) is 11.9. The Morgan fingerprint density at radius 3 is 2.81 bits per heavy atom. The van der Waals surface area contributed by atoms with Crippen molar-refractivity contribution in [1.29, 1.82) is 0 Å². The first kappa shape index (κ1) is 14.1. The van der Waals surface area contributed by atoms with E-state index in [0.717, 1.165) is 21.7 Å². The van der Waals surface area contributed by atoms with Crippen LogP contribution in [-0.4, -0.2) is 28.8 Å². The summed E-state index contributed by atoms with van der Waals surface area (Å²) in [5.74, 6) is 0.855. The molecule has 6 heteroatoms. The Morgan fingerprint density at radius 1 is 1.38 bits per heavy atom. The van der Waals surface area contributed by atoms with Gasteiger partial charge in [0.15, 0.2) is 5.96 Å². The van der Waals surface area contributed by atoms with Gasteiger partial charge in [0, 0.05) is 35.9 Å². The summed E-state index contributed by atoms with van der Waals surface area (Å²) in [6.07, 6.45) is 6.38. The van der Waals surface area contributed by atoms with Crippen molar-refractivity contribution in [3.8, 4) is 5.69 Å². The highest BCUT2D eigenvalue weighted by Crippen LogP contribution is 2.18. The van der Waals surface area contributed by atoms with Crippen LogP contribution in [0.15, 0.2) is 46.1 Å². The van der Waals surface area contributed by atoms with E-state index in [1.54, 1.807) is 7.05 Å². The minimum absolute atomic E-state index is 0.599. The van der Waals surface area contributed by atoms with E-state index in [1.165, 1.54) is 12.8 Å². The van der Waals surface area contributed by atoms with Gasteiger partial charge in [0.05, 0.1) is 11.9 Å². The molecule has 2 N–H and O–H groups in total. The fourth-order valence-corrected chi connectivity index (χ4v) is 2.25. The molecular weight excluding hydrogens is 330 g/mol. The molecule has 1 aliphatic carbocycles. The van der Waals surface area contributed by atoms with Gasteiger partial charge in [-0.3, -0.25) is 4.99 Å². The molecule has 110 valence electrons. The van der Waals surface area contributed by atoms with Crippen molar-refractivity contribution < 1.29 is 0 Å². The van der Waals surface area contributed by atoms with Crippen LogP contribution in [0.4, 0.5) is 0 Å². The van der Waals surface area contributed by atoms with E-state index < -0.39 is 0 Å². The topological polar surface area (TPSA) is 54.2 Å². The number of nitrogens with zero attached hydrogens (tertiary/aromatic N) is 3. The number of hydrogen-bond acceptors (Lipinski definition) is 2. The SMILES string of the molecule is CN=C(NCc1cnn(-c2ccc(Br)cc2)c1)NC1CC1. The first-order valence-corrected chi connectivity index (χ1v) is 7.80. The Morgan fingerprint density at radius 2 is 2.14 bits per heavy atom. The minimum Gasteiger partial charge on any atom is -0.354 e. The third-order valence-corrected chi connectivity index (χ3v) is 3.86. The summed E-state index contributed by atoms with van der Waals surface area (Å²) >= 11 is 3.44. The Bertz CT molecular complexity index is 628. The van der Waals surface area contributed by atoms with E-state index in [-0.39, 0.29) is 0 Å². The van der Waals surface area contributed by atoms with Crippen molar-refractivity contribution in [1.82, 2.24) is 20.4 Å². The van der Waals surface area contributed by atoms with Gasteiger partial charge in [-0.1, -0.05) is 15.9 Å². The van der Waals surface area contributed by atoms with Crippen LogP contribution in [0, 0.1) is 0 Å². The van der Waals surface area contributed by atoms with Gasteiger partial charge in [0.2, 0.25) is 0 Å². The third-order valence-electron chi connectivity index (χ3n) is 3.33. The first-order chi connectivity index (χ1) is 10.2. The highest BCUT2D eigenvalue weighted by molar-refractivity contribution is 9.10. The predicted octanol–water partition coefficient (Wildman–Crippen LogP) is 2.46. The van der Waals surface area contributed by atoms with E-state index in [9.17, 15) is 0 Å². The van der Waals surface area contributed by atoms with Gasteiger partial charge in [0.1, 0.15) is 0 Å². The summed E-state index contributed by atoms with van der Waals surface area (Å²) in [7, 11) is 1.79. The number of hydrogen-bond donors (Lipinski definition) is 2. The molecule has 5 nitrogen and oxygen atoms in total. The normalized spacial score (nSPS) is 15.0. The molecule has 0 radical (unpaired) electrons. The van der Waals surface area contributed by atoms with Crippen LogP contribution in [0.5, 0.6) is 0 Å². The summed E-state index contributed by atoms with van der Waals surface area (Å²) in [5.41, 5.74) is 2.17. The molecule has 0 bridgehead atoms. The number of nitrogens with one attached hydrogen (secondary N) is 2. The lowest BCUT2D eigenvalue weighted by molar-refractivity contribution is 0.805. The average Bonchev–Trinajstić information content (AvgIpc) is 3.19. The van der Waals surface area contributed by atoms with Gasteiger partial charge >= 0.3 is 0 Å². The highest BCUT2D eigenvalue weighted by atomic mass is 79.9. The minimum atomic E-state index is 0.599. The van der Waals surface area contributed by atoms with E-state index in [1.807, 2.05) is 41.3 Å². The van der Waals surface area contributed by atoms with Crippen LogP contribution >= 0.6 is 15.9 Å². The van der Waals surface area contributed by atoms with Gasteiger partial charge in [-0.05, 0) is 37.1 Å². The maximum absolute atomic E-state index is 4.39.